The number of anilines is 2. The molecular formula is C24H30N8O10. The summed E-state index contributed by atoms with van der Waals surface area (Å²) in [7, 11) is 0. The van der Waals surface area contributed by atoms with Gasteiger partial charge in [-0.25, -0.2) is 19.6 Å². The van der Waals surface area contributed by atoms with Crippen LogP contribution in [-0.4, -0.2) is 69.5 Å². The van der Waals surface area contributed by atoms with E-state index < -0.39 is 35.0 Å². The molecule has 4 rings (SSSR count). The van der Waals surface area contributed by atoms with Crippen LogP contribution < -0.4 is 22.1 Å². The van der Waals surface area contributed by atoms with Crippen molar-refractivity contribution in [2.75, 3.05) is 24.2 Å². The summed E-state index contributed by atoms with van der Waals surface area (Å²) < 4.78 is 9.72. The van der Waals surface area contributed by atoms with Crippen molar-refractivity contribution in [3.05, 3.63) is 31.8 Å². The second kappa shape index (κ2) is 15.4. The maximum Gasteiger partial charge on any atom is 0.332 e. The first-order valence-corrected chi connectivity index (χ1v) is 11.8. The predicted octanol–water partition coefficient (Wildman–Crippen LogP) is 0.729. The molecule has 42 heavy (non-hydrogen) atoms. The monoisotopic (exact) mass is 590 g/mol. The van der Waals surface area contributed by atoms with Crippen molar-refractivity contribution in [3.63, 3.8) is 0 Å². The van der Waals surface area contributed by atoms with Gasteiger partial charge in [0.25, 0.3) is 11.1 Å². The molecule has 4 heterocycles. The fourth-order valence-corrected chi connectivity index (χ4v) is 3.27. The molecule has 4 N–H and O–H groups in total. The summed E-state index contributed by atoms with van der Waals surface area (Å²) in [6.07, 6.45) is 2.48. The van der Waals surface area contributed by atoms with Crippen LogP contribution in [0.25, 0.3) is 0 Å². The zero-order valence-corrected chi connectivity index (χ0v) is 20.7. The van der Waals surface area contributed by atoms with Crippen LogP contribution in [0.3, 0.4) is 0 Å². The van der Waals surface area contributed by atoms with Gasteiger partial charge in [0.15, 0.2) is 11.6 Å². The molecule has 0 bridgehead atoms. The standard InChI is InChI=1S/C22H22N8O10.2CH4/c31-13(1-3-15(33)39-29-21-25-17-11(5-7-23-17)19(35)27-21)37-9-10-38-14(32)2-4-16(34)40-30-22-26-18-12(6-8-24-18)20(36)28-22;;/h7-8H,1-6,9-10H2,(H2,25,27,29,35)(H2,26,28,30,36);2*1H4. The van der Waals surface area contributed by atoms with Gasteiger partial charge in [-0.2, -0.15) is 20.9 Å². The first kappa shape index (κ1) is 32.8. The van der Waals surface area contributed by atoms with E-state index in [4.69, 9.17) is 19.1 Å². The molecule has 0 spiro atoms. The first-order valence-electron chi connectivity index (χ1n) is 11.8. The Morgan fingerprint density at radius 2 is 1.05 bits per heavy atom. The molecular weight excluding hydrogens is 560 g/mol. The van der Waals surface area contributed by atoms with E-state index in [1.807, 2.05) is 0 Å². The highest BCUT2D eigenvalue weighted by molar-refractivity contribution is 5.79. The van der Waals surface area contributed by atoms with Gasteiger partial charge in [0.1, 0.15) is 13.2 Å². The van der Waals surface area contributed by atoms with Crippen molar-refractivity contribution < 1.29 is 38.3 Å². The zero-order chi connectivity index (χ0) is 28.5. The van der Waals surface area contributed by atoms with Crippen molar-refractivity contribution >= 4 is 59.8 Å². The molecule has 18 nitrogen and oxygen atoms in total. The summed E-state index contributed by atoms with van der Waals surface area (Å²) in [5.74, 6) is -2.91. The number of aromatic amines is 2. The van der Waals surface area contributed by atoms with Gasteiger partial charge in [-0.15, -0.1) is 0 Å². The van der Waals surface area contributed by atoms with Crippen LogP contribution in [0.15, 0.2) is 19.6 Å². The molecule has 2 aromatic rings. The van der Waals surface area contributed by atoms with Gasteiger partial charge in [0.2, 0.25) is 11.9 Å². The highest BCUT2D eigenvalue weighted by atomic mass is 16.7. The van der Waals surface area contributed by atoms with Crippen molar-refractivity contribution in [1.29, 1.82) is 0 Å². The minimum absolute atomic E-state index is 0. The second-order valence-corrected chi connectivity index (χ2v) is 8.06. The lowest BCUT2D eigenvalue weighted by molar-refractivity contribution is -0.154. The second-order valence-electron chi connectivity index (χ2n) is 8.06. The maximum absolute atomic E-state index is 11.9. The molecule has 0 saturated carbocycles. The zero-order valence-electron chi connectivity index (χ0n) is 20.7. The van der Waals surface area contributed by atoms with E-state index in [2.05, 4.69) is 40.9 Å². The molecule has 0 aliphatic carbocycles. The Hall–Kier alpha value is -5.42. The highest BCUT2D eigenvalue weighted by Gasteiger charge is 2.17. The molecule has 2 aliphatic heterocycles. The van der Waals surface area contributed by atoms with Gasteiger partial charge in [-0.3, -0.25) is 29.1 Å². The van der Waals surface area contributed by atoms with Crippen LogP contribution in [0.1, 0.15) is 51.7 Å². The van der Waals surface area contributed by atoms with Gasteiger partial charge in [0, 0.05) is 25.3 Å². The largest absolute Gasteiger partial charge is 0.462 e. The molecule has 0 amide bonds. The number of carbonyl (C=O) groups excluding carboxylic acids is 4. The van der Waals surface area contributed by atoms with E-state index in [-0.39, 0.29) is 77.3 Å². The minimum Gasteiger partial charge on any atom is -0.462 e. The van der Waals surface area contributed by atoms with E-state index >= 15 is 0 Å². The molecule has 0 fully saturated rings. The summed E-state index contributed by atoms with van der Waals surface area (Å²) in [6.45, 7) is -0.547. The topological polar surface area (TPSA) is 245 Å². The normalized spacial score (nSPS) is 11.7. The number of nitrogens with zero attached hydrogens (tertiary/aromatic N) is 4. The quantitative estimate of drug-likeness (QED) is 0.109. The van der Waals surface area contributed by atoms with E-state index in [0.29, 0.717) is 24.0 Å². The Kier molecular flexibility index (Phi) is 12.0. The lowest BCUT2D eigenvalue weighted by Gasteiger charge is -2.08. The lowest BCUT2D eigenvalue weighted by atomic mass is 10.3. The third-order valence-electron chi connectivity index (χ3n) is 5.20. The Morgan fingerprint density at radius 1 is 0.667 bits per heavy atom. The number of fused-ring (bicyclic) bond motifs is 2. The van der Waals surface area contributed by atoms with Crippen molar-refractivity contribution in [1.82, 2.24) is 19.9 Å². The van der Waals surface area contributed by atoms with Crippen LogP contribution >= 0.6 is 0 Å². The average Bonchev–Trinajstić information content (AvgIpc) is 3.61. The fraction of sp³-hybridized carbons (Fsp3) is 0.417. The van der Waals surface area contributed by atoms with Crippen molar-refractivity contribution in [2.45, 2.75) is 53.4 Å². The first-order chi connectivity index (χ1) is 19.3. The molecule has 0 aromatic carbocycles. The fourth-order valence-electron chi connectivity index (χ4n) is 3.27. The van der Waals surface area contributed by atoms with E-state index in [1.54, 1.807) is 0 Å². The molecule has 2 aromatic heterocycles. The van der Waals surface area contributed by atoms with Gasteiger partial charge in [-0.1, -0.05) is 14.9 Å². The Bertz CT molecular complexity index is 1390. The number of hydrogen-bond donors (Lipinski definition) is 4. The van der Waals surface area contributed by atoms with Gasteiger partial charge in [0.05, 0.1) is 36.8 Å². The number of aliphatic imine (C=N–C) groups is 2. The number of hydrogen-bond acceptors (Lipinski definition) is 16. The molecule has 0 radical (unpaired) electrons. The average molecular weight is 591 g/mol. The number of nitrogens with one attached hydrogen (secondary N) is 4. The number of aromatic nitrogens is 4. The summed E-state index contributed by atoms with van der Waals surface area (Å²) in [5.41, 5.74) is 4.36. The molecule has 18 heteroatoms. The van der Waals surface area contributed by atoms with Crippen LogP contribution in [0, 0.1) is 0 Å². The smallest absolute Gasteiger partial charge is 0.332 e. The molecule has 226 valence electrons. The van der Waals surface area contributed by atoms with Crippen molar-refractivity contribution in [2.24, 2.45) is 9.98 Å². The third-order valence-corrected chi connectivity index (χ3v) is 5.20. The summed E-state index contributed by atoms with van der Waals surface area (Å²) in [6, 6.07) is 0. The SMILES string of the molecule is C.C.O=C(CCC(=O)ONc1nc2c(c(=O)[nH]1)CC=N2)OCCOC(=O)CCC(=O)ONc1nc2c(c(=O)[nH]1)CC=N2. The molecule has 2 aliphatic rings. The minimum atomic E-state index is -0.816. The van der Waals surface area contributed by atoms with Gasteiger partial charge in [-0.05, 0) is 0 Å². The van der Waals surface area contributed by atoms with Gasteiger partial charge < -0.3 is 19.1 Å². The van der Waals surface area contributed by atoms with Crippen LogP contribution in [0.2, 0.25) is 0 Å². The Labute approximate surface area is 237 Å². The Balaban J connectivity index is 0.00000308. The maximum atomic E-state index is 11.9. The van der Waals surface area contributed by atoms with E-state index in [0.717, 1.165) is 0 Å². The Morgan fingerprint density at radius 3 is 1.45 bits per heavy atom. The van der Waals surface area contributed by atoms with Gasteiger partial charge >= 0.3 is 23.9 Å². The number of H-pyrrole nitrogens is 2. The molecule has 0 unspecified atom stereocenters. The number of carbonyl (C=O) groups is 4. The summed E-state index contributed by atoms with van der Waals surface area (Å²) in [4.78, 5) is 101. The molecule has 0 atom stereocenters. The van der Waals surface area contributed by atoms with Crippen LogP contribution in [0.5, 0.6) is 0 Å². The number of ether oxygens (including phenoxy) is 2. The summed E-state index contributed by atoms with van der Waals surface area (Å²) in [5, 5.41) is 0. The van der Waals surface area contributed by atoms with Crippen molar-refractivity contribution in [3.8, 4) is 0 Å². The number of rotatable bonds is 13. The van der Waals surface area contributed by atoms with E-state index in [9.17, 15) is 28.8 Å². The van der Waals surface area contributed by atoms with Crippen LogP contribution in [-0.2, 0) is 51.2 Å². The summed E-state index contributed by atoms with van der Waals surface area (Å²) >= 11 is 0. The van der Waals surface area contributed by atoms with E-state index in [1.165, 1.54) is 12.4 Å². The third kappa shape index (κ3) is 9.07. The van der Waals surface area contributed by atoms with Crippen LogP contribution in [0.4, 0.5) is 23.5 Å². The predicted molar refractivity (Wildman–Crippen MR) is 147 cm³/mol. The lowest BCUT2D eigenvalue weighted by Crippen LogP contribution is -2.20. The molecule has 0 saturated heterocycles. The highest BCUT2D eigenvalue weighted by Crippen LogP contribution is 2.19. The number of esters is 2.